The fraction of sp³-hybridized carbons (Fsp3) is 0.333. The van der Waals surface area contributed by atoms with Crippen LogP contribution in [0.1, 0.15) is 36.1 Å². The Kier molecular flexibility index (Phi) is 5.35. The van der Waals surface area contributed by atoms with Gasteiger partial charge in [0.1, 0.15) is 5.82 Å². The molecule has 1 N–H and O–H groups in total. The van der Waals surface area contributed by atoms with Crippen molar-refractivity contribution in [3.63, 3.8) is 0 Å². The minimum absolute atomic E-state index is 0.00378. The third-order valence-electron chi connectivity index (χ3n) is 4.83. The summed E-state index contributed by atoms with van der Waals surface area (Å²) in [5.41, 5.74) is 2.51. The number of benzene rings is 2. The summed E-state index contributed by atoms with van der Waals surface area (Å²) < 4.78 is 13.3. The Hall–Kier alpha value is -2.69. The highest BCUT2D eigenvalue weighted by atomic mass is 19.1. The summed E-state index contributed by atoms with van der Waals surface area (Å²) in [4.78, 5) is 26.1. The van der Waals surface area contributed by atoms with Crippen molar-refractivity contribution in [2.45, 2.75) is 32.2 Å². The summed E-state index contributed by atoms with van der Waals surface area (Å²) in [6.07, 6.45) is 1.47. The lowest BCUT2D eigenvalue weighted by Crippen LogP contribution is -2.44. The number of carboxylic acid groups (broad SMARTS) is 1. The van der Waals surface area contributed by atoms with Crippen LogP contribution in [0.2, 0.25) is 0 Å². The first-order valence-corrected chi connectivity index (χ1v) is 8.80. The summed E-state index contributed by atoms with van der Waals surface area (Å²) in [6, 6.07) is 12.8. The van der Waals surface area contributed by atoms with Crippen molar-refractivity contribution in [3.05, 3.63) is 71.0 Å². The monoisotopic (exact) mass is 355 g/mol. The van der Waals surface area contributed by atoms with E-state index in [2.05, 4.69) is 0 Å². The molecular formula is C21H22FNO3. The molecule has 5 heteroatoms. The molecule has 136 valence electrons. The second kappa shape index (κ2) is 7.68. The van der Waals surface area contributed by atoms with Crippen LogP contribution in [0.25, 0.3) is 0 Å². The van der Waals surface area contributed by atoms with E-state index in [1.54, 1.807) is 18.2 Å². The zero-order chi connectivity index (χ0) is 18.7. The molecule has 0 bridgehead atoms. The van der Waals surface area contributed by atoms with Gasteiger partial charge in [0, 0.05) is 13.0 Å². The Morgan fingerprint density at radius 2 is 2.00 bits per heavy atom. The van der Waals surface area contributed by atoms with Crippen molar-refractivity contribution in [3.8, 4) is 0 Å². The molecule has 2 unspecified atom stereocenters. The number of hydrogen-bond acceptors (Lipinski definition) is 2. The van der Waals surface area contributed by atoms with Crippen LogP contribution in [0.3, 0.4) is 0 Å². The number of carbonyl (C=O) groups excluding carboxylic acids is 1. The van der Waals surface area contributed by atoms with Crippen LogP contribution < -0.4 is 0 Å². The van der Waals surface area contributed by atoms with E-state index >= 15 is 0 Å². The van der Waals surface area contributed by atoms with Crippen molar-refractivity contribution >= 4 is 11.9 Å². The van der Waals surface area contributed by atoms with Crippen LogP contribution >= 0.6 is 0 Å². The maximum absolute atomic E-state index is 13.3. The molecular weight excluding hydrogens is 333 g/mol. The van der Waals surface area contributed by atoms with Crippen LogP contribution in [0, 0.1) is 11.7 Å². The van der Waals surface area contributed by atoms with Gasteiger partial charge in [-0.2, -0.15) is 0 Å². The molecule has 0 saturated carbocycles. The maximum Gasteiger partial charge on any atom is 0.331 e. The SMILES string of the molecule is CC(CC(=O)N1CCc2ccccc2C1C(=O)O)Cc1cccc(F)c1. The molecule has 0 fully saturated rings. The van der Waals surface area contributed by atoms with Gasteiger partial charge in [0.15, 0.2) is 6.04 Å². The van der Waals surface area contributed by atoms with Gasteiger partial charge in [0.05, 0.1) is 0 Å². The highest BCUT2D eigenvalue weighted by Gasteiger charge is 2.35. The van der Waals surface area contributed by atoms with Crippen LogP contribution in [0.4, 0.5) is 4.39 Å². The van der Waals surface area contributed by atoms with Gasteiger partial charge in [0.2, 0.25) is 5.91 Å². The predicted octanol–water partition coefficient (Wildman–Crippen LogP) is 3.61. The van der Waals surface area contributed by atoms with E-state index in [-0.39, 0.29) is 24.1 Å². The van der Waals surface area contributed by atoms with E-state index in [1.165, 1.54) is 17.0 Å². The molecule has 26 heavy (non-hydrogen) atoms. The maximum atomic E-state index is 13.3. The third kappa shape index (κ3) is 3.93. The Labute approximate surface area is 152 Å². The minimum Gasteiger partial charge on any atom is -0.479 e. The first-order chi connectivity index (χ1) is 12.5. The molecule has 2 atom stereocenters. The first-order valence-electron chi connectivity index (χ1n) is 8.80. The summed E-state index contributed by atoms with van der Waals surface area (Å²) in [5, 5.41) is 9.67. The summed E-state index contributed by atoms with van der Waals surface area (Å²) >= 11 is 0. The van der Waals surface area contributed by atoms with Gasteiger partial charge in [-0.1, -0.05) is 43.3 Å². The number of halogens is 1. The fourth-order valence-electron chi connectivity index (χ4n) is 3.66. The molecule has 1 heterocycles. The molecule has 4 nitrogen and oxygen atoms in total. The molecule has 1 aliphatic rings. The van der Waals surface area contributed by atoms with Crippen molar-refractivity contribution < 1.29 is 19.1 Å². The quantitative estimate of drug-likeness (QED) is 0.891. The van der Waals surface area contributed by atoms with Crippen molar-refractivity contribution in [1.29, 1.82) is 0 Å². The molecule has 0 saturated heterocycles. The van der Waals surface area contributed by atoms with Gasteiger partial charge in [-0.15, -0.1) is 0 Å². The average Bonchev–Trinajstić information content (AvgIpc) is 2.60. The molecule has 0 spiro atoms. The normalized spacial score (nSPS) is 17.5. The second-order valence-corrected chi connectivity index (χ2v) is 6.92. The molecule has 1 amide bonds. The van der Waals surface area contributed by atoms with Crippen molar-refractivity contribution in [1.82, 2.24) is 4.90 Å². The number of fused-ring (bicyclic) bond motifs is 1. The molecule has 2 aromatic rings. The zero-order valence-corrected chi connectivity index (χ0v) is 14.7. The molecule has 2 aromatic carbocycles. The van der Waals surface area contributed by atoms with E-state index in [1.807, 2.05) is 25.1 Å². The van der Waals surface area contributed by atoms with Crippen LogP contribution in [0.5, 0.6) is 0 Å². The molecule has 0 radical (unpaired) electrons. The number of carboxylic acids is 1. The molecule has 1 aliphatic heterocycles. The minimum atomic E-state index is -1.01. The van der Waals surface area contributed by atoms with E-state index in [0.29, 0.717) is 24.9 Å². The Morgan fingerprint density at radius 3 is 2.73 bits per heavy atom. The number of carbonyl (C=O) groups is 2. The largest absolute Gasteiger partial charge is 0.479 e. The van der Waals surface area contributed by atoms with Crippen LogP contribution in [-0.4, -0.2) is 28.4 Å². The van der Waals surface area contributed by atoms with E-state index < -0.39 is 12.0 Å². The Morgan fingerprint density at radius 1 is 1.23 bits per heavy atom. The van der Waals surface area contributed by atoms with Gasteiger partial charge >= 0.3 is 5.97 Å². The molecule has 0 aliphatic carbocycles. The number of nitrogens with zero attached hydrogens (tertiary/aromatic N) is 1. The Bertz CT molecular complexity index is 820. The van der Waals surface area contributed by atoms with Gasteiger partial charge in [-0.25, -0.2) is 9.18 Å². The lowest BCUT2D eigenvalue weighted by Gasteiger charge is -2.35. The van der Waals surface area contributed by atoms with Crippen LogP contribution in [-0.2, 0) is 22.4 Å². The smallest absolute Gasteiger partial charge is 0.331 e. The lowest BCUT2D eigenvalue weighted by molar-refractivity contribution is -0.151. The number of amides is 1. The van der Waals surface area contributed by atoms with Crippen LogP contribution in [0.15, 0.2) is 48.5 Å². The van der Waals surface area contributed by atoms with E-state index in [0.717, 1.165) is 11.1 Å². The second-order valence-electron chi connectivity index (χ2n) is 6.92. The number of aliphatic carboxylic acids is 1. The van der Waals surface area contributed by atoms with Gasteiger partial charge < -0.3 is 10.0 Å². The summed E-state index contributed by atoms with van der Waals surface area (Å²) in [5.74, 6) is -1.48. The fourth-order valence-corrected chi connectivity index (χ4v) is 3.66. The third-order valence-corrected chi connectivity index (χ3v) is 4.83. The van der Waals surface area contributed by atoms with Crippen molar-refractivity contribution in [2.75, 3.05) is 6.54 Å². The number of rotatable bonds is 5. The van der Waals surface area contributed by atoms with Gasteiger partial charge in [-0.3, -0.25) is 4.79 Å². The Balaban J connectivity index is 1.71. The van der Waals surface area contributed by atoms with E-state index in [9.17, 15) is 19.1 Å². The van der Waals surface area contributed by atoms with Crippen molar-refractivity contribution in [2.24, 2.45) is 5.92 Å². The summed E-state index contributed by atoms with van der Waals surface area (Å²) in [6.45, 7) is 2.33. The summed E-state index contributed by atoms with van der Waals surface area (Å²) in [7, 11) is 0. The predicted molar refractivity (Wildman–Crippen MR) is 96.1 cm³/mol. The number of hydrogen-bond donors (Lipinski definition) is 1. The lowest BCUT2D eigenvalue weighted by atomic mass is 9.91. The average molecular weight is 355 g/mol. The highest BCUT2D eigenvalue weighted by Crippen LogP contribution is 2.31. The zero-order valence-electron chi connectivity index (χ0n) is 14.7. The topological polar surface area (TPSA) is 57.6 Å². The van der Waals surface area contributed by atoms with Gasteiger partial charge in [-0.05, 0) is 47.6 Å². The standard InChI is InChI=1S/C21H22FNO3/c1-14(11-15-5-4-7-17(22)13-15)12-19(24)23-10-9-16-6-2-3-8-18(16)20(23)21(25)26/h2-8,13-14,20H,9-12H2,1H3,(H,25,26). The molecule has 3 rings (SSSR count). The molecule has 0 aromatic heterocycles. The first kappa shape index (κ1) is 18.1. The highest BCUT2D eigenvalue weighted by molar-refractivity contribution is 5.85. The van der Waals surface area contributed by atoms with E-state index in [4.69, 9.17) is 0 Å². The van der Waals surface area contributed by atoms with Gasteiger partial charge in [0.25, 0.3) is 0 Å².